The highest BCUT2D eigenvalue weighted by Gasteiger charge is 2.22. The van der Waals surface area contributed by atoms with Crippen molar-refractivity contribution in [3.05, 3.63) is 41.8 Å². The largest absolute Gasteiger partial charge is 0.453 e. The van der Waals surface area contributed by atoms with E-state index < -0.39 is 0 Å². The summed E-state index contributed by atoms with van der Waals surface area (Å²) in [5.74, 6) is 1.23. The molecule has 1 N–H and O–H groups in total. The summed E-state index contributed by atoms with van der Waals surface area (Å²) in [5.41, 5.74) is 1.21. The summed E-state index contributed by atoms with van der Waals surface area (Å²) < 4.78 is 7.07. The molecule has 70 valence electrons. The Balaban J connectivity index is 2.39. The highest BCUT2D eigenvalue weighted by molar-refractivity contribution is 14.1. The Bertz CT molecular complexity index is 438. The summed E-state index contributed by atoms with van der Waals surface area (Å²) in [7, 11) is 0. The van der Waals surface area contributed by atoms with E-state index in [4.69, 9.17) is 10.1 Å². The standard InChI is InChI=1S/C10H7IN2O/c11-6-13-5-9-10(12)7-3-1-2-4-8(7)14-9/h1-6,12H/b9-5+,12-10?,13-6-. The second-order valence-electron chi connectivity index (χ2n) is 2.71. The maximum absolute atomic E-state index is 7.80. The lowest BCUT2D eigenvalue weighted by Crippen LogP contribution is -1.97. The maximum atomic E-state index is 7.80. The van der Waals surface area contributed by atoms with Gasteiger partial charge in [0.2, 0.25) is 0 Å². The Hall–Kier alpha value is -1.17. The average Bonchev–Trinajstić information content (AvgIpc) is 2.54. The Morgan fingerprint density at radius 2 is 2.14 bits per heavy atom. The number of para-hydroxylation sites is 1. The van der Waals surface area contributed by atoms with Crippen LogP contribution < -0.4 is 4.74 Å². The van der Waals surface area contributed by atoms with Gasteiger partial charge in [0, 0.05) is 5.56 Å². The molecular weight excluding hydrogens is 291 g/mol. The van der Waals surface area contributed by atoms with Crippen LogP contribution >= 0.6 is 22.6 Å². The first-order chi connectivity index (χ1) is 6.83. The summed E-state index contributed by atoms with van der Waals surface area (Å²) in [6.07, 6.45) is 1.55. The number of rotatable bonds is 1. The van der Waals surface area contributed by atoms with Gasteiger partial charge in [0.05, 0.1) is 10.4 Å². The van der Waals surface area contributed by atoms with Crippen molar-refractivity contribution in [3.8, 4) is 5.75 Å². The minimum Gasteiger partial charge on any atom is -0.453 e. The van der Waals surface area contributed by atoms with Crippen molar-refractivity contribution in [2.75, 3.05) is 0 Å². The van der Waals surface area contributed by atoms with Crippen molar-refractivity contribution in [3.63, 3.8) is 0 Å². The molecule has 1 heterocycles. The normalized spacial score (nSPS) is 17.5. The highest BCUT2D eigenvalue weighted by Crippen LogP contribution is 2.29. The van der Waals surface area contributed by atoms with Crippen molar-refractivity contribution in [2.24, 2.45) is 4.99 Å². The van der Waals surface area contributed by atoms with Crippen molar-refractivity contribution in [2.45, 2.75) is 0 Å². The first-order valence-corrected chi connectivity index (χ1v) is 5.25. The number of halogens is 1. The Morgan fingerprint density at radius 1 is 1.36 bits per heavy atom. The number of nitrogens with zero attached hydrogens (tertiary/aromatic N) is 1. The predicted octanol–water partition coefficient (Wildman–Crippen LogP) is 2.75. The number of hydrogen-bond acceptors (Lipinski definition) is 3. The fourth-order valence-corrected chi connectivity index (χ4v) is 1.41. The molecule has 0 spiro atoms. The molecule has 0 fully saturated rings. The quantitative estimate of drug-likeness (QED) is 0.629. The zero-order valence-electron chi connectivity index (χ0n) is 7.20. The molecule has 0 aromatic heterocycles. The molecule has 0 bridgehead atoms. The molecule has 1 aromatic carbocycles. The van der Waals surface area contributed by atoms with Crippen LogP contribution in [0.4, 0.5) is 0 Å². The van der Waals surface area contributed by atoms with E-state index in [9.17, 15) is 0 Å². The Morgan fingerprint density at radius 3 is 2.86 bits per heavy atom. The van der Waals surface area contributed by atoms with Crippen molar-refractivity contribution in [1.82, 2.24) is 0 Å². The van der Waals surface area contributed by atoms with Crippen LogP contribution in [0.1, 0.15) is 5.56 Å². The number of nitrogens with one attached hydrogen (secondary N) is 1. The van der Waals surface area contributed by atoms with E-state index in [1.807, 2.05) is 46.9 Å². The monoisotopic (exact) mass is 298 g/mol. The van der Waals surface area contributed by atoms with Gasteiger partial charge < -0.3 is 4.74 Å². The number of allylic oxidation sites excluding steroid dienone is 1. The van der Waals surface area contributed by atoms with Gasteiger partial charge in [-0.15, -0.1) is 0 Å². The molecule has 4 heteroatoms. The number of hydrogen-bond donors (Lipinski definition) is 1. The molecule has 2 rings (SSSR count). The predicted molar refractivity (Wildman–Crippen MR) is 64.5 cm³/mol. The Kier molecular flexibility index (Phi) is 2.62. The topological polar surface area (TPSA) is 45.4 Å². The molecule has 0 saturated carbocycles. The van der Waals surface area contributed by atoms with Crippen LogP contribution in [0.5, 0.6) is 5.75 Å². The molecule has 0 unspecified atom stereocenters. The van der Waals surface area contributed by atoms with Crippen LogP contribution in [0.25, 0.3) is 0 Å². The molecular formula is C10H7IN2O. The van der Waals surface area contributed by atoms with E-state index in [0.717, 1.165) is 11.3 Å². The second-order valence-corrected chi connectivity index (χ2v) is 3.27. The summed E-state index contributed by atoms with van der Waals surface area (Å²) in [4.78, 5) is 3.92. The van der Waals surface area contributed by atoms with E-state index >= 15 is 0 Å². The highest BCUT2D eigenvalue weighted by atomic mass is 127. The molecule has 1 aromatic rings. The summed E-state index contributed by atoms with van der Waals surface area (Å²) >= 11 is 2.02. The molecule has 0 amide bonds. The van der Waals surface area contributed by atoms with E-state index in [0.29, 0.717) is 11.5 Å². The number of ether oxygens (including phenoxy) is 1. The van der Waals surface area contributed by atoms with Gasteiger partial charge in [0.15, 0.2) is 5.76 Å². The van der Waals surface area contributed by atoms with Gasteiger partial charge in [-0.3, -0.25) is 10.4 Å². The minimum absolute atomic E-state index is 0.391. The van der Waals surface area contributed by atoms with Crippen molar-refractivity contribution in [1.29, 1.82) is 5.41 Å². The fraction of sp³-hybridized carbons (Fsp3) is 0. The van der Waals surface area contributed by atoms with E-state index in [2.05, 4.69) is 4.99 Å². The van der Waals surface area contributed by atoms with E-state index in [-0.39, 0.29) is 0 Å². The second kappa shape index (κ2) is 3.91. The van der Waals surface area contributed by atoms with Gasteiger partial charge in [0.25, 0.3) is 0 Å². The number of aliphatic imine (C=N–C) groups is 1. The van der Waals surface area contributed by atoms with Crippen LogP contribution in [0.3, 0.4) is 0 Å². The summed E-state index contributed by atoms with van der Waals surface area (Å²) in [5, 5.41) is 7.80. The maximum Gasteiger partial charge on any atom is 0.171 e. The lowest BCUT2D eigenvalue weighted by molar-refractivity contribution is 0.467. The molecule has 14 heavy (non-hydrogen) atoms. The van der Waals surface area contributed by atoms with Crippen molar-refractivity contribution < 1.29 is 4.74 Å². The number of fused-ring (bicyclic) bond motifs is 1. The van der Waals surface area contributed by atoms with Crippen LogP contribution in [-0.2, 0) is 0 Å². The third-order valence-electron chi connectivity index (χ3n) is 1.87. The molecule has 0 radical (unpaired) electrons. The van der Waals surface area contributed by atoms with E-state index in [1.54, 1.807) is 10.4 Å². The Labute approximate surface area is 95.2 Å². The van der Waals surface area contributed by atoms with Gasteiger partial charge in [-0.25, -0.2) is 0 Å². The average molecular weight is 298 g/mol. The third-order valence-corrected chi connectivity index (χ3v) is 2.19. The van der Waals surface area contributed by atoms with Crippen LogP contribution in [0.2, 0.25) is 0 Å². The first kappa shape index (κ1) is 9.39. The molecule has 0 saturated heterocycles. The lowest BCUT2D eigenvalue weighted by atomic mass is 10.1. The SMILES string of the molecule is N=C1/C(=C\N=C/I)Oc2ccccc21. The van der Waals surface area contributed by atoms with Gasteiger partial charge in [-0.1, -0.05) is 12.1 Å². The molecule has 1 aliphatic rings. The van der Waals surface area contributed by atoms with Gasteiger partial charge in [0.1, 0.15) is 11.5 Å². The minimum atomic E-state index is 0.391. The summed E-state index contributed by atoms with van der Waals surface area (Å²) in [6, 6.07) is 7.49. The fourth-order valence-electron chi connectivity index (χ4n) is 1.25. The summed E-state index contributed by atoms with van der Waals surface area (Å²) in [6.45, 7) is 0. The van der Waals surface area contributed by atoms with Gasteiger partial charge in [-0.05, 0) is 34.7 Å². The first-order valence-electron chi connectivity index (χ1n) is 4.01. The van der Waals surface area contributed by atoms with Crippen LogP contribution in [0.15, 0.2) is 41.2 Å². The van der Waals surface area contributed by atoms with E-state index in [1.165, 1.54) is 0 Å². The zero-order valence-corrected chi connectivity index (χ0v) is 9.36. The molecule has 3 nitrogen and oxygen atoms in total. The van der Waals surface area contributed by atoms with Gasteiger partial charge >= 0.3 is 0 Å². The van der Waals surface area contributed by atoms with Crippen LogP contribution in [0, 0.1) is 5.41 Å². The number of benzene rings is 1. The smallest absolute Gasteiger partial charge is 0.171 e. The van der Waals surface area contributed by atoms with Gasteiger partial charge in [-0.2, -0.15) is 0 Å². The molecule has 0 aliphatic carbocycles. The third kappa shape index (κ3) is 1.57. The molecule has 0 atom stereocenters. The molecule has 1 aliphatic heterocycles. The zero-order chi connectivity index (χ0) is 9.97. The lowest BCUT2D eigenvalue weighted by Gasteiger charge is -1.94. The van der Waals surface area contributed by atoms with Crippen LogP contribution in [-0.4, -0.2) is 9.93 Å². The van der Waals surface area contributed by atoms with Crippen molar-refractivity contribution >= 4 is 32.5 Å².